The molecule has 3 atom stereocenters. The maximum Gasteiger partial charge on any atom is 0.127 e. The van der Waals surface area contributed by atoms with E-state index < -0.39 is 0 Å². The van der Waals surface area contributed by atoms with Gasteiger partial charge in [0.2, 0.25) is 0 Å². The Morgan fingerprint density at radius 1 is 1.18 bits per heavy atom. The predicted octanol–water partition coefficient (Wildman–Crippen LogP) is 2.98. The molecule has 2 aliphatic rings. The van der Waals surface area contributed by atoms with Gasteiger partial charge in [-0.15, -0.1) is 0 Å². The SMILES string of the molecule is CCCc1ccc(OC(CCCOCC2CO2)C2CO2)cc1. The molecule has 0 aromatic heterocycles. The largest absolute Gasteiger partial charge is 0.488 e. The lowest BCUT2D eigenvalue weighted by atomic mass is 10.1. The van der Waals surface area contributed by atoms with Crippen LogP contribution in [0.2, 0.25) is 0 Å². The minimum Gasteiger partial charge on any atom is -0.488 e. The molecule has 0 spiro atoms. The Kier molecular flexibility index (Phi) is 5.70. The van der Waals surface area contributed by atoms with Crippen LogP contribution in [0.1, 0.15) is 31.7 Å². The molecule has 4 heteroatoms. The summed E-state index contributed by atoms with van der Waals surface area (Å²) in [5.41, 5.74) is 1.37. The zero-order valence-corrected chi connectivity index (χ0v) is 13.3. The van der Waals surface area contributed by atoms with E-state index in [1.807, 2.05) is 0 Å². The van der Waals surface area contributed by atoms with Crippen molar-refractivity contribution in [2.75, 3.05) is 26.4 Å². The summed E-state index contributed by atoms with van der Waals surface area (Å²) in [6.45, 7) is 5.36. The molecular formula is C18H26O4. The second-order valence-electron chi connectivity index (χ2n) is 6.09. The molecule has 0 radical (unpaired) electrons. The van der Waals surface area contributed by atoms with Gasteiger partial charge < -0.3 is 18.9 Å². The van der Waals surface area contributed by atoms with E-state index in [0.717, 1.165) is 51.4 Å². The number of rotatable bonds is 11. The Bertz CT molecular complexity index is 437. The summed E-state index contributed by atoms with van der Waals surface area (Å²) in [5.74, 6) is 0.938. The second kappa shape index (κ2) is 7.95. The zero-order chi connectivity index (χ0) is 15.2. The molecule has 3 unspecified atom stereocenters. The third-order valence-electron chi connectivity index (χ3n) is 4.01. The van der Waals surface area contributed by atoms with E-state index in [9.17, 15) is 0 Å². The van der Waals surface area contributed by atoms with Gasteiger partial charge >= 0.3 is 0 Å². The number of epoxide rings is 2. The zero-order valence-electron chi connectivity index (χ0n) is 13.3. The highest BCUT2D eigenvalue weighted by molar-refractivity contribution is 5.27. The topological polar surface area (TPSA) is 43.5 Å². The van der Waals surface area contributed by atoms with Gasteiger partial charge in [0.05, 0.1) is 19.8 Å². The van der Waals surface area contributed by atoms with Crippen LogP contribution in [-0.2, 0) is 20.6 Å². The minimum atomic E-state index is 0.137. The average molecular weight is 306 g/mol. The lowest BCUT2D eigenvalue weighted by Gasteiger charge is -2.17. The van der Waals surface area contributed by atoms with Crippen molar-refractivity contribution in [1.29, 1.82) is 0 Å². The summed E-state index contributed by atoms with van der Waals surface area (Å²) in [4.78, 5) is 0. The molecule has 1 aromatic rings. The Balaban J connectivity index is 1.40. The summed E-state index contributed by atoms with van der Waals surface area (Å²) in [6, 6.07) is 8.45. The molecule has 22 heavy (non-hydrogen) atoms. The van der Waals surface area contributed by atoms with Gasteiger partial charge in [0.1, 0.15) is 24.1 Å². The van der Waals surface area contributed by atoms with Crippen molar-refractivity contribution in [3.05, 3.63) is 29.8 Å². The monoisotopic (exact) mass is 306 g/mol. The number of hydrogen-bond acceptors (Lipinski definition) is 4. The third kappa shape index (κ3) is 5.27. The van der Waals surface area contributed by atoms with Crippen LogP contribution in [0.3, 0.4) is 0 Å². The van der Waals surface area contributed by atoms with Gasteiger partial charge in [-0.3, -0.25) is 0 Å². The molecule has 0 saturated carbocycles. The van der Waals surface area contributed by atoms with Crippen molar-refractivity contribution < 1.29 is 18.9 Å². The fourth-order valence-electron chi connectivity index (χ4n) is 2.55. The van der Waals surface area contributed by atoms with E-state index in [0.29, 0.717) is 6.10 Å². The normalized spacial score (nSPS) is 24.0. The standard InChI is InChI=1S/C18H26O4/c1-2-4-14-6-8-15(9-7-14)22-17(18-13-21-18)5-3-10-19-11-16-12-20-16/h6-9,16-18H,2-5,10-13H2,1H3. The van der Waals surface area contributed by atoms with E-state index in [4.69, 9.17) is 18.9 Å². The molecule has 3 rings (SSSR count). The second-order valence-corrected chi connectivity index (χ2v) is 6.09. The quantitative estimate of drug-likeness (QED) is 0.466. The molecule has 4 nitrogen and oxygen atoms in total. The lowest BCUT2D eigenvalue weighted by molar-refractivity contribution is 0.0939. The van der Waals surface area contributed by atoms with E-state index in [-0.39, 0.29) is 12.2 Å². The van der Waals surface area contributed by atoms with Crippen molar-refractivity contribution in [2.45, 2.75) is 50.9 Å². The van der Waals surface area contributed by atoms with Gasteiger partial charge in [-0.1, -0.05) is 25.5 Å². The van der Waals surface area contributed by atoms with Crippen LogP contribution in [0.15, 0.2) is 24.3 Å². The van der Waals surface area contributed by atoms with Crippen LogP contribution < -0.4 is 4.74 Å². The van der Waals surface area contributed by atoms with Crippen LogP contribution in [0.4, 0.5) is 0 Å². The van der Waals surface area contributed by atoms with Crippen molar-refractivity contribution in [3.63, 3.8) is 0 Å². The third-order valence-corrected chi connectivity index (χ3v) is 4.01. The van der Waals surface area contributed by atoms with Crippen LogP contribution >= 0.6 is 0 Å². The molecule has 0 bridgehead atoms. The van der Waals surface area contributed by atoms with Crippen LogP contribution in [0.5, 0.6) is 5.75 Å². The summed E-state index contributed by atoms with van der Waals surface area (Å²) >= 11 is 0. The maximum absolute atomic E-state index is 6.11. The fourth-order valence-corrected chi connectivity index (χ4v) is 2.55. The first kappa shape index (κ1) is 15.8. The highest BCUT2D eigenvalue weighted by atomic mass is 16.6. The lowest BCUT2D eigenvalue weighted by Crippen LogP contribution is -2.24. The highest BCUT2D eigenvalue weighted by Crippen LogP contribution is 2.24. The molecule has 2 saturated heterocycles. The van der Waals surface area contributed by atoms with E-state index >= 15 is 0 Å². The minimum absolute atomic E-state index is 0.137. The average Bonchev–Trinajstić information content (AvgIpc) is 3.40. The van der Waals surface area contributed by atoms with Gasteiger partial charge in [0, 0.05) is 6.61 Å². The Morgan fingerprint density at radius 3 is 2.59 bits per heavy atom. The van der Waals surface area contributed by atoms with Crippen LogP contribution in [0, 0.1) is 0 Å². The van der Waals surface area contributed by atoms with Gasteiger partial charge in [-0.2, -0.15) is 0 Å². The molecule has 2 fully saturated rings. The first-order chi connectivity index (χ1) is 10.8. The number of benzene rings is 1. The molecule has 0 aliphatic carbocycles. The first-order valence-corrected chi connectivity index (χ1v) is 8.41. The smallest absolute Gasteiger partial charge is 0.127 e. The van der Waals surface area contributed by atoms with Crippen molar-refractivity contribution in [3.8, 4) is 5.75 Å². The van der Waals surface area contributed by atoms with Crippen molar-refractivity contribution >= 4 is 0 Å². The molecule has 2 heterocycles. The highest BCUT2D eigenvalue weighted by Gasteiger charge is 2.34. The Morgan fingerprint density at radius 2 is 1.95 bits per heavy atom. The summed E-state index contributed by atoms with van der Waals surface area (Å²) in [5, 5.41) is 0. The van der Waals surface area contributed by atoms with E-state index in [1.165, 1.54) is 12.0 Å². The van der Waals surface area contributed by atoms with E-state index in [2.05, 4.69) is 31.2 Å². The molecule has 122 valence electrons. The molecule has 2 aliphatic heterocycles. The van der Waals surface area contributed by atoms with E-state index in [1.54, 1.807) is 0 Å². The predicted molar refractivity (Wildman–Crippen MR) is 84.4 cm³/mol. The molecular weight excluding hydrogens is 280 g/mol. The number of ether oxygens (including phenoxy) is 4. The van der Waals surface area contributed by atoms with Gasteiger partial charge in [-0.25, -0.2) is 0 Å². The first-order valence-electron chi connectivity index (χ1n) is 8.41. The van der Waals surface area contributed by atoms with Gasteiger partial charge in [0.25, 0.3) is 0 Å². The van der Waals surface area contributed by atoms with Gasteiger partial charge in [-0.05, 0) is 37.0 Å². The molecule has 0 N–H and O–H groups in total. The summed E-state index contributed by atoms with van der Waals surface area (Å²) < 4.78 is 22.2. The molecule has 1 aromatic carbocycles. The summed E-state index contributed by atoms with van der Waals surface area (Å²) in [6.07, 6.45) is 4.99. The van der Waals surface area contributed by atoms with Crippen molar-refractivity contribution in [1.82, 2.24) is 0 Å². The fraction of sp³-hybridized carbons (Fsp3) is 0.667. The maximum atomic E-state index is 6.11. The van der Waals surface area contributed by atoms with Crippen LogP contribution in [-0.4, -0.2) is 44.7 Å². The number of hydrogen-bond donors (Lipinski definition) is 0. The number of aryl methyl sites for hydroxylation is 1. The van der Waals surface area contributed by atoms with Crippen LogP contribution in [0.25, 0.3) is 0 Å². The van der Waals surface area contributed by atoms with Gasteiger partial charge in [0.15, 0.2) is 0 Å². The summed E-state index contributed by atoms with van der Waals surface area (Å²) in [7, 11) is 0. The Hall–Kier alpha value is -1.10. The molecule has 0 amide bonds. The Labute approximate surface area is 132 Å². The van der Waals surface area contributed by atoms with Crippen molar-refractivity contribution in [2.24, 2.45) is 0 Å².